The lowest BCUT2D eigenvalue weighted by molar-refractivity contribution is 0.670. The van der Waals surface area contributed by atoms with Crippen LogP contribution in [0.2, 0.25) is 0 Å². The van der Waals surface area contributed by atoms with Gasteiger partial charge in [-0.15, -0.1) is 0 Å². The van der Waals surface area contributed by atoms with Gasteiger partial charge in [0.15, 0.2) is 0 Å². The highest BCUT2D eigenvalue weighted by atomic mass is 16.3. The van der Waals surface area contributed by atoms with E-state index in [4.69, 9.17) is 8.83 Å². The van der Waals surface area contributed by atoms with Crippen molar-refractivity contribution in [1.29, 1.82) is 0 Å². The molecule has 0 saturated heterocycles. The van der Waals surface area contributed by atoms with Crippen LogP contribution in [-0.4, -0.2) is 0 Å². The minimum Gasteiger partial charge on any atom is -0.455 e. The van der Waals surface area contributed by atoms with Crippen LogP contribution in [0.25, 0.3) is 87.7 Å². The van der Waals surface area contributed by atoms with Gasteiger partial charge in [0.2, 0.25) is 0 Å². The Morgan fingerprint density at radius 3 is 1.75 bits per heavy atom. The zero-order chi connectivity index (χ0) is 34.9. The second-order valence-corrected chi connectivity index (χ2v) is 13.7. The first-order valence-corrected chi connectivity index (χ1v) is 18.0. The van der Waals surface area contributed by atoms with Gasteiger partial charge in [-0.1, -0.05) is 140 Å². The Hall–Kier alpha value is -7.10. The molecule has 2 heterocycles. The van der Waals surface area contributed by atoms with E-state index in [0.717, 1.165) is 83.2 Å². The molecule has 248 valence electrons. The normalized spacial score (nSPS) is 11.8. The number of benzene rings is 9. The topological polar surface area (TPSA) is 29.5 Å². The van der Waals surface area contributed by atoms with E-state index < -0.39 is 0 Å². The quantitative estimate of drug-likeness (QED) is 0.170. The smallest absolute Gasteiger partial charge is 0.145 e. The minimum atomic E-state index is 0.839. The molecule has 0 N–H and O–H groups in total. The molecule has 0 unspecified atom stereocenters. The summed E-state index contributed by atoms with van der Waals surface area (Å²) in [4.78, 5) is 2.37. The third-order valence-electron chi connectivity index (χ3n) is 10.6. The number of para-hydroxylation sites is 2. The molecule has 0 aliphatic carbocycles. The van der Waals surface area contributed by atoms with Gasteiger partial charge in [0, 0.05) is 44.7 Å². The van der Waals surface area contributed by atoms with Gasteiger partial charge in [-0.25, -0.2) is 0 Å². The van der Waals surface area contributed by atoms with Crippen LogP contribution in [0.1, 0.15) is 0 Å². The van der Waals surface area contributed by atoms with Crippen molar-refractivity contribution in [2.45, 2.75) is 0 Å². The fourth-order valence-corrected chi connectivity index (χ4v) is 8.17. The van der Waals surface area contributed by atoms with Crippen LogP contribution in [0.5, 0.6) is 0 Å². The van der Waals surface area contributed by atoms with Crippen molar-refractivity contribution in [2.75, 3.05) is 4.90 Å². The molecule has 9 aromatic carbocycles. The largest absolute Gasteiger partial charge is 0.455 e. The molecule has 11 aromatic rings. The lowest BCUT2D eigenvalue weighted by Crippen LogP contribution is -2.10. The van der Waals surface area contributed by atoms with Crippen LogP contribution >= 0.6 is 0 Å². The fraction of sp³-hybridized carbons (Fsp3) is 0. The number of hydrogen-bond donors (Lipinski definition) is 0. The summed E-state index contributed by atoms with van der Waals surface area (Å²) < 4.78 is 13.6. The van der Waals surface area contributed by atoms with Gasteiger partial charge >= 0.3 is 0 Å². The standard InChI is InChI=1S/C50H31NO2/c1-3-12-32(13-4-1)39-19-11-20-42-41-27-26-37(31-47(41)53-49(39)42)51(36-25-24-35-23-22-34-16-7-8-17-38(34)44(35)30-36)45-29-28-40(33-14-5-2-6-15-33)50-48(45)43-18-9-10-21-46(43)52-50/h1-31H. The second kappa shape index (κ2) is 11.7. The first-order valence-electron chi connectivity index (χ1n) is 18.0. The molecule has 2 aromatic heterocycles. The zero-order valence-electron chi connectivity index (χ0n) is 28.7. The van der Waals surface area contributed by atoms with E-state index in [1.165, 1.54) is 21.5 Å². The molecule has 0 spiro atoms. The fourth-order valence-electron chi connectivity index (χ4n) is 8.17. The van der Waals surface area contributed by atoms with Crippen molar-refractivity contribution in [3.05, 3.63) is 188 Å². The predicted molar refractivity (Wildman–Crippen MR) is 222 cm³/mol. The van der Waals surface area contributed by atoms with Gasteiger partial charge in [-0.05, 0) is 75.1 Å². The van der Waals surface area contributed by atoms with Crippen molar-refractivity contribution < 1.29 is 8.83 Å². The number of nitrogens with zero attached hydrogens (tertiary/aromatic N) is 1. The van der Waals surface area contributed by atoms with Gasteiger partial charge in [-0.2, -0.15) is 0 Å². The monoisotopic (exact) mass is 677 g/mol. The van der Waals surface area contributed by atoms with E-state index in [-0.39, 0.29) is 0 Å². The number of furan rings is 2. The lowest BCUT2D eigenvalue weighted by Gasteiger charge is -2.27. The van der Waals surface area contributed by atoms with E-state index in [1.54, 1.807) is 0 Å². The maximum absolute atomic E-state index is 6.80. The summed E-state index contributed by atoms with van der Waals surface area (Å²) in [7, 11) is 0. The molecule has 3 nitrogen and oxygen atoms in total. The Labute approximate surface area is 305 Å². The zero-order valence-corrected chi connectivity index (χ0v) is 28.7. The molecule has 0 saturated carbocycles. The Kier molecular flexibility index (Phi) is 6.55. The summed E-state index contributed by atoms with van der Waals surface area (Å²) in [6, 6.07) is 66.6. The maximum atomic E-state index is 6.80. The molecule has 0 aliphatic heterocycles. The first kappa shape index (κ1) is 29.6. The van der Waals surface area contributed by atoms with Crippen molar-refractivity contribution in [3.63, 3.8) is 0 Å². The van der Waals surface area contributed by atoms with Crippen molar-refractivity contribution in [2.24, 2.45) is 0 Å². The third-order valence-corrected chi connectivity index (χ3v) is 10.6. The Morgan fingerprint density at radius 1 is 0.340 bits per heavy atom. The van der Waals surface area contributed by atoms with E-state index in [2.05, 4.69) is 181 Å². The molecular formula is C50H31NO2. The molecule has 0 atom stereocenters. The molecular weight excluding hydrogens is 647 g/mol. The predicted octanol–water partition coefficient (Wildman–Crippen LogP) is 14.6. The molecule has 0 bridgehead atoms. The van der Waals surface area contributed by atoms with E-state index in [0.29, 0.717) is 0 Å². The van der Waals surface area contributed by atoms with Gasteiger partial charge in [0.25, 0.3) is 0 Å². The van der Waals surface area contributed by atoms with Crippen LogP contribution < -0.4 is 4.90 Å². The highest BCUT2D eigenvalue weighted by Crippen LogP contribution is 2.48. The van der Waals surface area contributed by atoms with Gasteiger partial charge < -0.3 is 13.7 Å². The number of fused-ring (bicyclic) bond motifs is 9. The number of hydrogen-bond acceptors (Lipinski definition) is 3. The Morgan fingerprint density at radius 2 is 0.943 bits per heavy atom. The lowest BCUT2D eigenvalue weighted by atomic mass is 9.98. The average molecular weight is 678 g/mol. The Bertz CT molecular complexity index is 3170. The SMILES string of the molecule is c1ccc(-c2cccc3c2oc2cc(N(c4ccc5ccc6ccccc6c5c4)c4ccc(-c5ccccc5)c5oc6ccccc6c45)ccc23)cc1. The molecule has 53 heavy (non-hydrogen) atoms. The summed E-state index contributed by atoms with van der Waals surface area (Å²) in [5, 5.41) is 9.18. The molecule has 11 rings (SSSR count). The number of rotatable bonds is 5. The summed E-state index contributed by atoms with van der Waals surface area (Å²) in [6.45, 7) is 0. The van der Waals surface area contributed by atoms with Crippen molar-refractivity contribution >= 4 is 82.5 Å². The highest BCUT2D eigenvalue weighted by molar-refractivity contribution is 6.18. The summed E-state index contributed by atoms with van der Waals surface area (Å²) in [5.74, 6) is 0. The number of anilines is 3. The molecule has 0 fully saturated rings. The van der Waals surface area contributed by atoms with Gasteiger partial charge in [0.05, 0.1) is 11.1 Å². The Balaban J connectivity index is 1.20. The summed E-state index contributed by atoms with van der Waals surface area (Å²) in [5.41, 5.74) is 10.9. The van der Waals surface area contributed by atoms with Crippen molar-refractivity contribution in [3.8, 4) is 22.3 Å². The van der Waals surface area contributed by atoms with Crippen molar-refractivity contribution in [1.82, 2.24) is 0 Å². The highest BCUT2D eigenvalue weighted by Gasteiger charge is 2.23. The molecule has 3 heteroatoms. The van der Waals surface area contributed by atoms with Gasteiger partial charge in [-0.3, -0.25) is 0 Å². The van der Waals surface area contributed by atoms with E-state index in [1.807, 2.05) is 12.1 Å². The molecule has 0 radical (unpaired) electrons. The first-order chi connectivity index (χ1) is 26.3. The third kappa shape index (κ3) is 4.68. The average Bonchev–Trinajstić information content (AvgIpc) is 3.80. The molecule has 0 amide bonds. The van der Waals surface area contributed by atoms with Crippen LogP contribution in [0.4, 0.5) is 17.1 Å². The van der Waals surface area contributed by atoms with Crippen LogP contribution in [0.15, 0.2) is 197 Å². The van der Waals surface area contributed by atoms with E-state index >= 15 is 0 Å². The van der Waals surface area contributed by atoms with Gasteiger partial charge in [0.1, 0.15) is 22.3 Å². The molecule has 0 aliphatic rings. The van der Waals surface area contributed by atoms with Crippen LogP contribution in [0.3, 0.4) is 0 Å². The second-order valence-electron chi connectivity index (χ2n) is 13.7. The summed E-state index contributed by atoms with van der Waals surface area (Å²) in [6.07, 6.45) is 0. The van der Waals surface area contributed by atoms with Crippen LogP contribution in [-0.2, 0) is 0 Å². The minimum absolute atomic E-state index is 0.839. The summed E-state index contributed by atoms with van der Waals surface area (Å²) >= 11 is 0. The van der Waals surface area contributed by atoms with Crippen LogP contribution in [0, 0.1) is 0 Å². The van der Waals surface area contributed by atoms with E-state index in [9.17, 15) is 0 Å². The maximum Gasteiger partial charge on any atom is 0.145 e.